The van der Waals surface area contributed by atoms with Gasteiger partial charge in [0.1, 0.15) is 17.5 Å². The van der Waals surface area contributed by atoms with Crippen molar-refractivity contribution in [1.29, 1.82) is 0 Å². The summed E-state index contributed by atoms with van der Waals surface area (Å²) >= 11 is 0. The third-order valence-electron chi connectivity index (χ3n) is 3.22. The Morgan fingerprint density at radius 2 is 1.90 bits per heavy atom. The number of carbonyl (C=O) groups is 1. The Balaban J connectivity index is 2.61. The van der Waals surface area contributed by atoms with Crippen LogP contribution in [-0.2, 0) is 11.2 Å². The van der Waals surface area contributed by atoms with Crippen molar-refractivity contribution in [2.24, 2.45) is 5.73 Å². The molecular weight excluding hydrogens is 258 g/mol. The molecule has 0 saturated heterocycles. The summed E-state index contributed by atoms with van der Waals surface area (Å²) in [6, 6.07) is 8.45. The standard InChI is InChI=1S/C15H17NO4/c1-19-13-8-9(7-12(16)15(17)18)14(20-2)11-6-4-3-5-10(11)13/h3-6,8,12H,7,16H2,1-2H3,(H,17,18)/t12-/m0/s1. The molecule has 3 N–H and O–H groups in total. The van der Waals surface area contributed by atoms with Crippen molar-refractivity contribution in [2.75, 3.05) is 14.2 Å². The molecule has 0 aliphatic carbocycles. The predicted molar refractivity (Wildman–Crippen MR) is 76.4 cm³/mol. The van der Waals surface area contributed by atoms with Crippen molar-refractivity contribution in [1.82, 2.24) is 0 Å². The number of hydrogen-bond donors (Lipinski definition) is 2. The molecule has 0 saturated carbocycles. The zero-order valence-corrected chi connectivity index (χ0v) is 11.4. The first-order valence-electron chi connectivity index (χ1n) is 6.19. The summed E-state index contributed by atoms with van der Waals surface area (Å²) < 4.78 is 10.8. The zero-order valence-electron chi connectivity index (χ0n) is 11.4. The molecule has 1 atom stereocenters. The molecule has 2 rings (SSSR count). The summed E-state index contributed by atoms with van der Waals surface area (Å²) in [4.78, 5) is 10.9. The molecule has 0 aliphatic rings. The van der Waals surface area contributed by atoms with E-state index in [2.05, 4.69) is 0 Å². The molecule has 5 heteroatoms. The van der Waals surface area contributed by atoms with Gasteiger partial charge < -0.3 is 20.3 Å². The summed E-state index contributed by atoms with van der Waals surface area (Å²) in [5.41, 5.74) is 6.33. The van der Waals surface area contributed by atoms with Gasteiger partial charge in [-0.05, 0) is 6.07 Å². The van der Waals surface area contributed by atoms with E-state index in [-0.39, 0.29) is 6.42 Å². The van der Waals surface area contributed by atoms with Crippen LogP contribution in [0.3, 0.4) is 0 Å². The van der Waals surface area contributed by atoms with Gasteiger partial charge in [-0.3, -0.25) is 4.79 Å². The molecule has 5 nitrogen and oxygen atoms in total. The first kappa shape index (κ1) is 14.1. The van der Waals surface area contributed by atoms with Crippen molar-refractivity contribution in [2.45, 2.75) is 12.5 Å². The largest absolute Gasteiger partial charge is 0.496 e. The van der Waals surface area contributed by atoms with E-state index in [0.717, 1.165) is 16.3 Å². The lowest BCUT2D eigenvalue weighted by Crippen LogP contribution is -2.32. The van der Waals surface area contributed by atoms with Gasteiger partial charge in [-0.1, -0.05) is 24.3 Å². The number of carboxylic acid groups (broad SMARTS) is 1. The lowest BCUT2D eigenvalue weighted by molar-refractivity contribution is -0.138. The molecule has 106 valence electrons. The van der Waals surface area contributed by atoms with Gasteiger partial charge in [0.05, 0.1) is 14.2 Å². The van der Waals surface area contributed by atoms with Crippen LogP contribution in [0, 0.1) is 0 Å². The molecule has 0 amide bonds. The van der Waals surface area contributed by atoms with Crippen molar-refractivity contribution >= 4 is 16.7 Å². The fraction of sp³-hybridized carbons (Fsp3) is 0.267. The summed E-state index contributed by atoms with van der Waals surface area (Å²) in [5, 5.41) is 10.7. The van der Waals surface area contributed by atoms with Crippen molar-refractivity contribution in [3.05, 3.63) is 35.9 Å². The monoisotopic (exact) mass is 275 g/mol. The number of aliphatic carboxylic acids is 1. The second-order valence-corrected chi connectivity index (χ2v) is 4.47. The quantitative estimate of drug-likeness (QED) is 0.869. The lowest BCUT2D eigenvalue weighted by atomic mass is 9.99. The highest BCUT2D eigenvalue weighted by Crippen LogP contribution is 2.36. The Morgan fingerprint density at radius 1 is 1.25 bits per heavy atom. The molecule has 0 aromatic heterocycles. The van der Waals surface area contributed by atoms with Gasteiger partial charge in [0.2, 0.25) is 0 Å². The normalized spacial score (nSPS) is 12.2. The lowest BCUT2D eigenvalue weighted by Gasteiger charge is -2.16. The number of fused-ring (bicyclic) bond motifs is 1. The Bertz CT molecular complexity index is 639. The van der Waals surface area contributed by atoms with Crippen molar-refractivity contribution in [3.8, 4) is 11.5 Å². The Hall–Kier alpha value is -2.27. The molecule has 2 aromatic carbocycles. The molecule has 20 heavy (non-hydrogen) atoms. The first-order chi connectivity index (χ1) is 9.58. The van der Waals surface area contributed by atoms with E-state index in [1.54, 1.807) is 20.3 Å². The third kappa shape index (κ3) is 2.53. The SMILES string of the molecule is COc1cc(C[C@H](N)C(=O)O)c(OC)c2ccccc12. The van der Waals surface area contributed by atoms with Crippen LogP contribution >= 0.6 is 0 Å². The number of benzene rings is 2. The second-order valence-electron chi connectivity index (χ2n) is 4.47. The van der Waals surface area contributed by atoms with E-state index in [1.165, 1.54) is 0 Å². The third-order valence-corrected chi connectivity index (χ3v) is 3.22. The Morgan fingerprint density at radius 3 is 2.45 bits per heavy atom. The van der Waals surface area contributed by atoms with Gasteiger partial charge >= 0.3 is 5.97 Å². The van der Waals surface area contributed by atoms with Gasteiger partial charge in [-0.25, -0.2) is 0 Å². The number of methoxy groups -OCH3 is 2. The molecule has 0 radical (unpaired) electrons. The van der Waals surface area contributed by atoms with Gasteiger partial charge in [0.15, 0.2) is 0 Å². The fourth-order valence-corrected chi connectivity index (χ4v) is 2.26. The number of rotatable bonds is 5. The maximum atomic E-state index is 10.9. The highest BCUT2D eigenvalue weighted by molar-refractivity contribution is 5.94. The fourth-order valence-electron chi connectivity index (χ4n) is 2.26. The predicted octanol–water partition coefficient (Wildman–Crippen LogP) is 1.81. The number of nitrogens with two attached hydrogens (primary N) is 1. The molecule has 0 spiro atoms. The molecule has 0 bridgehead atoms. The number of carboxylic acids is 1. The molecule has 0 unspecified atom stereocenters. The Kier molecular flexibility index (Phi) is 4.10. The van der Waals surface area contributed by atoms with Gasteiger partial charge in [0.25, 0.3) is 0 Å². The van der Waals surface area contributed by atoms with Gasteiger partial charge in [-0.2, -0.15) is 0 Å². The van der Waals surface area contributed by atoms with Crippen LogP contribution in [-0.4, -0.2) is 31.3 Å². The molecule has 0 aliphatic heterocycles. The summed E-state index contributed by atoms with van der Waals surface area (Å²) in [6.07, 6.45) is 0.180. The van der Waals surface area contributed by atoms with Crippen LogP contribution < -0.4 is 15.2 Å². The van der Waals surface area contributed by atoms with E-state index in [9.17, 15) is 4.79 Å². The molecule has 2 aromatic rings. The van der Waals surface area contributed by atoms with Crippen LogP contribution in [0.5, 0.6) is 11.5 Å². The summed E-state index contributed by atoms with van der Waals surface area (Å²) in [5.74, 6) is 0.270. The molecule has 0 heterocycles. The van der Waals surface area contributed by atoms with Gasteiger partial charge in [-0.15, -0.1) is 0 Å². The van der Waals surface area contributed by atoms with Crippen LogP contribution in [0.4, 0.5) is 0 Å². The number of hydrogen-bond acceptors (Lipinski definition) is 4. The van der Waals surface area contributed by atoms with E-state index in [0.29, 0.717) is 11.5 Å². The highest BCUT2D eigenvalue weighted by atomic mass is 16.5. The highest BCUT2D eigenvalue weighted by Gasteiger charge is 2.18. The van der Waals surface area contributed by atoms with Crippen molar-refractivity contribution < 1.29 is 19.4 Å². The van der Waals surface area contributed by atoms with Gasteiger partial charge in [0, 0.05) is 22.8 Å². The average molecular weight is 275 g/mol. The zero-order chi connectivity index (χ0) is 14.7. The average Bonchev–Trinajstić information content (AvgIpc) is 2.46. The van der Waals surface area contributed by atoms with E-state index in [4.69, 9.17) is 20.3 Å². The van der Waals surface area contributed by atoms with Crippen LogP contribution in [0.2, 0.25) is 0 Å². The van der Waals surface area contributed by atoms with E-state index < -0.39 is 12.0 Å². The van der Waals surface area contributed by atoms with Crippen molar-refractivity contribution in [3.63, 3.8) is 0 Å². The van der Waals surface area contributed by atoms with E-state index >= 15 is 0 Å². The minimum absolute atomic E-state index is 0.180. The van der Waals surface area contributed by atoms with E-state index in [1.807, 2.05) is 24.3 Å². The Labute approximate surface area is 116 Å². The van der Waals surface area contributed by atoms with Crippen LogP contribution in [0.15, 0.2) is 30.3 Å². The first-order valence-corrected chi connectivity index (χ1v) is 6.19. The second kappa shape index (κ2) is 5.79. The topological polar surface area (TPSA) is 81.8 Å². The summed E-state index contributed by atoms with van der Waals surface area (Å²) in [6.45, 7) is 0. The molecule has 0 fully saturated rings. The van der Waals surface area contributed by atoms with Crippen LogP contribution in [0.25, 0.3) is 10.8 Å². The smallest absolute Gasteiger partial charge is 0.320 e. The maximum absolute atomic E-state index is 10.9. The summed E-state index contributed by atoms with van der Waals surface area (Å²) in [7, 11) is 3.14. The minimum atomic E-state index is -1.04. The molecular formula is C15H17NO4. The van der Waals surface area contributed by atoms with Crippen LogP contribution in [0.1, 0.15) is 5.56 Å². The number of ether oxygens (including phenoxy) is 2. The minimum Gasteiger partial charge on any atom is -0.496 e. The maximum Gasteiger partial charge on any atom is 0.320 e.